The van der Waals surface area contributed by atoms with Crippen molar-refractivity contribution in [3.05, 3.63) is 0 Å². The molecule has 1 nitrogen and oxygen atoms in total. The summed E-state index contributed by atoms with van der Waals surface area (Å²) in [5.74, 6) is 0. The standard InChI is InChI=1S/C2H3O.Al.Cd.2S/c1-2-3;;;;/h1H3;;;;/q-1;+3;+2;2*-2. The minimum Gasteiger partial charge on any atom is -2.00 e. The SMILES string of the molecule is C[C-]=O.[Al+3].[Cd+2].[S-2].[S-2]. The molecule has 5 heteroatoms. The second kappa shape index (κ2) is 45.7. The van der Waals surface area contributed by atoms with Gasteiger partial charge in [0.05, 0.1) is 0 Å². The van der Waals surface area contributed by atoms with Crippen molar-refractivity contribution in [2.24, 2.45) is 0 Å². The molecule has 0 radical (unpaired) electrons. The van der Waals surface area contributed by atoms with Crippen LogP contribution in [0.4, 0.5) is 0 Å². The molecule has 0 saturated heterocycles. The molecule has 0 aliphatic rings. The Morgan fingerprint density at radius 1 is 1.29 bits per heavy atom. The first-order valence-corrected chi connectivity index (χ1v) is 0.704. The fourth-order valence-electron chi connectivity index (χ4n) is 0. The average Bonchev–Trinajstić information content (AvgIpc) is 0.918. The van der Waals surface area contributed by atoms with E-state index in [1.54, 1.807) is 0 Å². The molecule has 0 bridgehead atoms. The summed E-state index contributed by atoms with van der Waals surface area (Å²) in [6.07, 6.45) is 1.50. The van der Waals surface area contributed by atoms with Crippen LogP contribution in [-0.2, 0) is 59.1 Å². The molecule has 0 aromatic carbocycles. The molecule has 0 N–H and O–H groups in total. The average molecular weight is 247 g/mol. The summed E-state index contributed by atoms with van der Waals surface area (Å²) in [6.45, 7) is 1.32. The summed E-state index contributed by atoms with van der Waals surface area (Å²) in [5, 5.41) is 0. The maximum Gasteiger partial charge on any atom is 3.00 e. The van der Waals surface area contributed by atoms with Gasteiger partial charge in [-0.25, -0.2) is 0 Å². The maximum absolute atomic E-state index is 8.68. The van der Waals surface area contributed by atoms with Crippen LogP contribution in [0, 0.1) is 0 Å². The molecule has 7 heavy (non-hydrogen) atoms. The Bertz CT molecular complexity index is 23.2. The summed E-state index contributed by atoms with van der Waals surface area (Å²) in [5.41, 5.74) is 0. The molecule has 0 aliphatic heterocycles. The van der Waals surface area contributed by atoms with E-state index in [0.717, 1.165) is 0 Å². The van der Waals surface area contributed by atoms with Gasteiger partial charge in [0.15, 0.2) is 0 Å². The van der Waals surface area contributed by atoms with E-state index < -0.39 is 0 Å². The third-order valence-corrected chi connectivity index (χ3v) is 0. The van der Waals surface area contributed by atoms with Crippen LogP contribution in [0.15, 0.2) is 0 Å². The molecule has 0 rings (SSSR count). The zero-order valence-electron chi connectivity index (χ0n) is 4.01. The van der Waals surface area contributed by atoms with Crippen LogP contribution >= 0.6 is 0 Å². The largest absolute Gasteiger partial charge is 3.00 e. The molecule has 0 heterocycles. The van der Waals surface area contributed by atoms with Crippen molar-refractivity contribution in [3.8, 4) is 0 Å². The van der Waals surface area contributed by atoms with E-state index >= 15 is 0 Å². The van der Waals surface area contributed by atoms with Crippen molar-refractivity contribution in [2.75, 3.05) is 0 Å². The van der Waals surface area contributed by atoms with Crippen LogP contribution in [-0.4, -0.2) is 23.6 Å². The van der Waals surface area contributed by atoms with E-state index in [-0.39, 0.29) is 71.7 Å². The number of rotatable bonds is 0. The van der Waals surface area contributed by atoms with E-state index in [4.69, 9.17) is 4.79 Å². The van der Waals surface area contributed by atoms with Crippen LogP contribution in [0.3, 0.4) is 0 Å². The fourth-order valence-corrected chi connectivity index (χ4v) is 0. The summed E-state index contributed by atoms with van der Waals surface area (Å²) < 4.78 is 0. The number of carbonyl (C=O) groups excluding carboxylic acids is 1. The zero-order chi connectivity index (χ0) is 2.71. The predicted octanol–water partition coefficient (Wildman–Crippen LogP) is -0.272. The molecule has 0 amide bonds. The maximum atomic E-state index is 8.68. The molecule has 0 saturated carbocycles. The van der Waals surface area contributed by atoms with Gasteiger partial charge in [-0.2, -0.15) is 6.92 Å². The van der Waals surface area contributed by atoms with Crippen molar-refractivity contribution in [1.29, 1.82) is 0 Å². The van der Waals surface area contributed by atoms with E-state index in [9.17, 15) is 0 Å². The Kier molecular flexibility index (Phi) is 241. The first-order valence-electron chi connectivity index (χ1n) is 0.704. The van der Waals surface area contributed by atoms with Gasteiger partial charge in [-0.3, -0.25) is 6.29 Å². The zero-order valence-corrected chi connectivity index (χ0v) is 10.8. The normalized spacial score (nSPS) is 1.86. The van der Waals surface area contributed by atoms with Crippen molar-refractivity contribution in [1.82, 2.24) is 0 Å². The Morgan fingerprint density at radius 2 is 1.29 bits per heavy atom. The van der Waals surface area contributed by atoms with E-state index in [1.807, 2.05) is 0 Å². The molecule has 34 valence electrons. The van der Waals surface area contributed by atoms with E-state index in [2.05, 4.69) is 0 Å². The second-order valence-corrected chi connectivity index (χ2v) is 0.204. The van der Waals surface area contributed by atoms with Crippen LogP contribution in [0.25, 0.3) is 0 Å². The van der Waals surface area contributed by atoms with Gasteiger partial charge in [-0.1, -0.05) is 0 Å². The Balaban J connectivity index is -0.00000000333. The number of hydrogen-bond acceptors (Lipinski definition) is 1. The topological polar surface area (TPSA) is 17.1 Å². The van der Waals surface area contributed by atoms with Crippen molar-refractivity contribution in [2.45, 2.75) is 6.92 Å². The smallest absolute Gasteiger partial charge is 2.00 e. The summed E-state index contributed by atoms with van der Waals surface area (Å²) >= 11 is 0. The fraction of sp³-hybridized carbons (Fsp3) is 0.500. The Morgan fingerprint density at radius 3 is 1.29 bits per heavy atom. The summed E-state index contributed by atoms with van der Waals surface area (Å²) in [7, 11) is 0. The van der Waals surface area contributed by atoms with Gasteiger partial charge < -0.3 is 31.8 Å². The van der Waals surface area contributed by atoms with Crippen LogP contribution in [0.1, 0.15) is 6.92 Å². The van der Waals surface area contributed by atoms with Crippen LogP contribution in [0.5, 0.6) is 0 Å². The minimum absolute atomic E-state index is 0. The minimum atomic E-state index is 0. The quantitative estimate of drug-likeness (QED) is 0.425. The molecule has 0 atom stereocenters. The molecule has 0 unspecified atom stereocenters. The molecule has 0 spiro atoms. The molecular weight excluding hydrogens is 244 g/mol. The predicted molar refractivity (Wildman–Crippen MR) is 31.9 cm³/mol. The molecular formula is C2H3AlCdOS2. The van der Waals surface area contributed by atoms with E-state index in [0.29, 0.717) is 0 Å². The first kappa shape index (κ1) is 36.9. The van der Waals surface area contributed by atoms with Gasteiger partial charge in [0.25, 0.3) is 0 Å². The third-order valence-electron chi connectivity index (χ3n) is 0. The first-order chi connectivity index (χ1) is 1.41. The van der Waals surface area contributed by atoms with Gasteiger partial charge in [0.1, 0.15) is 0 Å². The summed E-state index contributed by atoms with van der Waals surface area (Å²) in [6, 6.07) is 0. The Labute approximate surface area is 88.8 Å². The van der Waals surface area contributed by atoms with Crippen molar-refractivity contribution < 1.29 is 32.1 Å². The monoisotopic (exact) mass is 248 g/mol. The second-order valence-electron chi connectivity index (χ2n) is 0.204. The third kappa shape index (κ3) is 79.7. The molecule has 0 aromatic heterocycles. The molecule has 0 fully saturated rings. The van der Waals surface area contributed by atoms with Crippen LogP contribution < -0.4 is 0 Å². The van der Waals surface area contributed by atoms with Crippen molar-refractivity contribution in [3.63, 3.8) is 0 Å². The molecule has 0 aliphatic carbocycles. The van der Waals surface area contributed by atoms with Crippen LogP contribution in [0.2, 0.25) is 0 Å². The van der Waals surface area contributed by atoms with E-state index in [1.165, 1.54) is 13.2 Å². The summed E-state index contributed by atoms with van der Waals surface area (Å²) in [4.78, 5) is 8.68. The molecule has 0 aromatic rings. The van der Waals surface area contributed by atoms with Gasteiger partial charge >= 0.3 is 44.7 Å². The van der Waals surface area contributed by atoms with Gasteiger partial charge in [-0.15, -0.1) is 0 Å². The number of hydrogen-bond donors (Lipinski definition) is 0. The van der Waals surface area contributed by atoms with Crippen molar-refractivity contribution >= 4 is 50.6 Å². The van der Waals surface area contributed by atoms with Gasteiger partial charge in [-0.05, 0) is 0 Å². The van der Waals surface area contributed by atoms with Gasteiger partial charge in [0, 0.05) is 0 Å². The Hall–Kier alpha value is 1.82. The van der Waals surface area contributed by atoms with Gasteiger partial charge in [0.2, 0.25) is 0 Å².